The van der Waals surface area contributed by atoms with Crippen LogP contribution in [0.2, 0.25) is 0 Å². The van der Waals surface area contributed by atoms with Gasteiger partial charge in [-0.2, -0.15) is 0 Å². The Labute approximate surface area is 194 Å². The maximum absolute atomic E-state index is 12.7. The van der Waals surface area contributed by atoms with Crippen molar-refractivity contribution >= 4 is 35.6 Å². The van der Waals surface area contributed by atoms with Crippen LogP contribution >= 0.6 is 0 Å². The molecule has 2 N–H and O–H groups in total. The number of carbonyl (C=O) groups excluding carboxylic acids is 4. The SMILES string of the molecule is CN(CC1CN(c2ccc(N3C(=O)COCC3(O)O)cc2)C(=O)O1)C(=O)c1ccccc1C=O. The summed E-state index contributed by atoms with van der Waals surface area (Å²) in [6.07, 6.45) is -0.592. The topological polar surface area (TPSA) is 137 Å². The number of benzene rings is 2. The summed E-state index contributed by atoms with van der Waals surface area (Å²) in [6, 6.07) is 12.5. The highest BCUT2D eigenvalue weighted by molar-refractivity contribution is 6.01. The van der Waals surface area contributed by atoms with Crippen LogP contribution in [0.1, 0.15) is 20.7 Å². The van der Waals surface area contributed by atoms with Gasteiger partial charge in [-0.1, -0.05) is 18.2 Å². The van der Waals surface area contributed by atoms with E-state index in [1.807, 2.05) is 0 Å². The predicted octanol–water partition coefficient (Wildman–Crippen LogP) is 0.598. The van der Waals surface area contributed by atoms with Crippen molar-refractivity contribution in [3.05, 3.63) is 59.7 Å². The van der Waals surface area contributed by atoms with Crippen molar-refractivity contribution in [2.45, 2.75) is 12.0 Å². The van der Waals surface area contributed by atoms with Gasteiger partial charge >= 0.3 is 6.09 Å². The molecule has 1 unspecified atom stereocenters. The molecule has 2 aromatic carbocycles. The number of likely N-dealkylation sites (N-methyl/N-ethyl adjacent to an activating group) is 1. The summed E-state index contributed by atoms with van der Waals surface area (Å²) >= 11 is 0. The summed E-state index contributed by atoms with van der Waals surface area (Å²) in [6.45, 7) is -0.448. The molecule has 4 rings (SSSR count). The second kappa shape index (κ2) is 9.21. The maximum atomic E-state index is 12.7. The van der Waals surface area contributed by atoms with Crippen molar-refractivity contribution in [3.8, 4) is 0 Å². The number of nitrogens with zero attached hydrogens (tertiary/aromatic N) is 3. The van der Waals surface area contributed by atoms with Gasteiger partial charge in [0.1, 0.15) is 19.3 Å². The maximum Gasteiger partial charge on any atom is 0.414 e. The quantitative estimate of drug-likeness (QED) is 0.464. The Morgan fingerprint density at radius 3 is 2.50 bits per heavy atom. The number of rotatable bonds is 6. The Morgan fingerprint density at radius 1 is 1.15 bits per heavy atom. The fraction of sp³-hybridized carbons (Fsp3) is 0.304. The number of aldehydes is 1. The molecule has 2 fully saturated rings. The van der Waals surface area contributed by atoms with E-state index in [1.165, 1.54) is 21.9 Å². The standard InChI is InChI=1S/C23H23N3O8/c1-24(21(29)19-5-3-2-4-15(19)12-27)10-18-11-25(22(30)34-18)16-6-8-17(9-7-16)26-20(28)13-33-14-23(26,31)32/h2-9,12,18,31-32H,10-11,13-14H2,1H3. The van der Waals surface area contributed by atoms with E-state index >= 15 is 0 Å². The van der Waals surface area contributed by atoms with Gasteiger partial charge in [-0.25, -0.2) is 4.79 Å². The predicted molar refractivity (Wildman–Crippen MR) is 118 cm³/mol. The molecular weight excluding hydrogens is 446 g/mol. The molecule has 0 saturated carbocycles. The molecule has 1 atom stereocenters. The van der Waals surface area contributed by atoms with Gasteiger partial charge in [-0.05, 0) is 30.3 Å². The third-order valence-corrected chi connectivity index (χ3v) is 5.56. The number of amides is 3. The second-order valence-electron chi connectivity index (χ2n) is 8.02. The van der Waals surface area contributed by atoms with E-state index in [0.29, 0.717) is 12.0 Å². The van der Waals surface area contributed by atoms with Crippen LogP contribution in [0, 0.1) is 0 Å². The number of cyclic esters (lactones) is 1. The molecule has 2 heterocycles. The number of aliphatic hydroxyl groups is 2. The lowest BCUT2D eigenvalue weighted by atomic mass is 10.1. The van der Waals surface area contributed by atoms with Crippen LogP contribution in [0.4, 0.5) is 16.2 Å². The van der Waals surface area contributed by atoms with Crippen molar-refractivity contribution in [2.75, 3.05) is 43.2 Å². The molecule has 0 radical (unpaired) electrons. The lowest BCUT2D eigenvalue weighted by Crippen LogP contribution is -2.60. The molecular formula is C23H23N3O8. The molecule has 11 heteroatoms. The number of hydrogen-bond acceptors (Lipinski definition) is 8. The van der Waals surface area contributed by atoms with E-state index in [-0.39, 0.29) is 42.4 Å². The molecule has 178 valence electrons. The van der Waals surface area contributed by atoms with Crippen molar-refractivity contribution in [1.82, 2.24) is 4.90 Å². The fourth-order valence-corrected chi connectivity index (χ4v) is 3.95. The Kier molecular flexibility index (Phi) is 6.33. The molecule has 0 aromatic heterocycles. The number of anilines is 2. The number of ether oxygens (including phenoxy) is 2. The van der Waals surface area contributed by atoms with Crippen molar-refractivity contribution in [3.63, 3.8) is 0 Å². The van der Waals surface area contributed by atoms with Gasteiger partial charge < -0.3 is 24.6 Å². The molecule has 2 saturated heterocycles. The third-order valence-electron chi connectivity index (χ3n) is 5.56. The van der Waals surface area contributed by atoms with Crippen LogP contribution in [0.15, 0.2) is 48.5 Å². The lowest BCUT2D eigenvalue weighted by Gasteiger charge is -2.38. The smallest absolute Gasteiger partial charge is 0.414 e. The molecule has 0 spiro atoms. The van der Waals surface area contributed by atoms with Gasteiger partial charge in [-0.15, -0.1) is 0 Å². The Hall–Kier alpha value is -3.80. The fourth-order valence-electron chi connectivity index (χ4n) is 3.95. The molecule has 0 aliphatic carbocycles. The normalized spacial score (nSPS) is 19.7. The summed E-state index contributed by atoms with van der Waals surface area (Å²) in [5.74, 6) is -3.46. The Bertz CT molecular complexity index is 1120. The summed E-state index contributed by atoms with van der Waals surface area (Å²) in [5.41, 5.74) is 1.24. The first kappa shape index (κ1) is 23.4. The number of hydrogen-bond donors (Lipinski definition) is 2. The zero-order chi connectivity index (χ0) is 24.5. The molecule has 2 aliphatic heterocycles. The van der Waals surface area contributed by atoms with E-state index in [0.717, 1.165) is 4.90 Å². The molecule has 11 nitrogen and oxygen atoms in total. The number of carbonyl (C=O) groups is 4. The van der Waals surface area contributed by atoms with Crippen molar-refractivity contribution in [1.29, 1.82) is 0 Å². The summed E-state index contributed by atoms with van der Waals surface area (Å²) in [5, 5.41) is 20.1. The van der Waals surface area contributed by atoms with Crippen LogP contribution < -0.4 is 9.80 Å². The highest BCUT2D eigenvalue weighted by atomic mass is 16.6. The molecule has 3 amide bonds. The van der Waals surface area contributed by atoms with Crippen LogP contribution in [0.5, 0.6) is 0 Å². The first-order valence-corrected chi connectivity index (χ1v) is 10.4. The second-order valence-corrected chi connectivity index (χ2v) is 8.02. The molecule has 34 heavy (non-hydrogen) atoms. The minimum atomic E-state index is -2.48. The van der Waals surface area contributed by atoms with E-state index in [2.05, 4.69) is 0 Å². The zero-order valence-electron chi connectivity index (χ0n) is 18.3. The Morgan fingerprint density at radius 2 is 1.82 bits per heavy atom. The summed E-state index contributed by atoms with van der Waals surface area (Å²) < 4.78 is 10.3. The van der Waals surface area contributed by atoms with Crippen LogP contribution in [0.25, 0.3) is 0 Å². The highest BCUT2D eigenvalue weighted by Gasteiger charge is 2.41. The summed E-state index contributed by atoms with van der Waals surface area (Å²) in [7, 11) is 1.56. The van der Waals surface area contributed by atoms with Crippen LogP contribution in [-0.2, 0) is 14.3 Å². The minimum Gasteiger partial charge on any atom is -0.442 e. The average molecular weight is 469 g/mol. The highest BCUT2D eigenvalue weighted by Crippen LogP contribution is 2.29. The first-order valence-electron chi connectivity index (χ1n) is 10.4. The number of morpholine rings is 1. The lowest BCUT2D eigenvalue weighted by molar-refractivity contribution is -0.214. The zero-order valence-corrected chi connectivity index (χ0v) is 18.3. The van der Waals surface area contributed by atoms with Gasteiger partial charge in [0.25, 0.3) is 17.7 Å². The Balaban J connectivity index is 1.43. The monoisotopic (exact) mass is 469 g/mol. The van der Waals surface area contributed by atoms with Gasteiger partial charge in [0.05, 0.1) is 18.7 Å². The van der Waals surface area contributed by atoms with Crippen LogP contribution in [0.3, 0.4) is 0 Å². The molecule has 0 bridgehead atoms. The van der Waals surface area contributed by atoms with Crippen molar-refractivity contribution in [2.24, 2.45) is 0 Å². The molecule has 2 aliphatic rings. The van der Waals surface area contributed by atoms with Crippen molar-refractivity contribution < 1.29 is 38.9 Å². The van der Waals surface area contributed by atoms with E-state index < -0.39 is 30.6 Å². The van der Waals surface area contributed by atoms with Crippen LogP contribution in [-0.4, -0.2) is 84.7 Å². The van der Waals surface area contributed by atoms with E-state index in [9.17, 15) is 29.4 Å². The largest absolute Gasteiger partial charge is 0.442 e. The van der Waals surface area contributed by atoms with E-state index in [1.54, 1.807) is 43.4 Å². The van der Waals surface area contributed by atoms with Gasteiger partial charge in [0.15, 0.2) is 6.29 Å². The van der Waals surface area contributed by atoms with Gasteiger partial charge in [-0.3, -0.25) is 24.2 Å². The summed E-state index contributed by atoms with van der Waals surface area (Å²) in [4.78, 5) is 52.1. The van der Waals surface area contributed by atoms with E-state index in [4.69, 9.17) is 9.47 Å². The first-order chi connectivity index (χ1) is 16.2. The third kappa shape index (κ3) is 4.49. The van der Waals surface area contributed by atoms with Gasteiger partial charge in [0.2, 0.25) is 0 Å². The average Bonchev–Trinajstić information content (AvgIpc) is 3.18. The van der Waals surface area contributed by atoms with Gasteiger partial charge in [0, 0.05) is 24.0 Å². The molecule has 2 aromatic rings. The minimum absolute atomic E-state index is 0.117.